The van der Waals surface area contributed by atoms with Crippen LogP contribution in [0.15, 0.2) is 74.2 Å². The zero-order valence-corrected chi connectivity index (χ0v) is 17.7. The quantitative estimate of drug-likeness (QED) is 0.584. The summed E-state index contributed by atoms with van der Waals surface area (Å²) >= 11 is 4.65. The maximum absolute atomic E-state index is 12.4. The normalized spacial score (nSPS) is 16.7. The molecule has 144 valence electrons. The Hall–Kier alpha value is -2.51. The molecule has 0 saturated heterocycles. The van der Waals surface area contributed by atoms with Crippen molar-refractivity contribution in [1.29, 1.82) is 0 Å². The van der Waals surface area contributed by atoms with E-state index in [-0.39, 0.29) is 17.9 Å². The standard InChI is InChI=1S/C21H18BrNO4S/c1-3-27-21(25)18-19(24)17(12-13-11-14(22)9-10-16(13)26-2)28-20(18)23-15-7-5-4-6-8-15/h4-12,24H,3H2,1-2H3/b17-12+,23-20?. The summed E-state index contributed by atoms with van der Waals surface area (Å²) in [5.41, 5.74) is 1.51. The zero-order chi connectivity index (χ0) is 20.1. The molecule has 0 unspecified atom stereocenters. The summed E-state index contributed by atoms with van der Waals surface area (Å²) in [6.45, 7) is 1.92. The van der Waals surface area contributed by atoms with Crippen LogP contribution in [0.3, 0.4) is 0 Å². The van der Waals surface area contributed by atoms with Crippen LogP contribution < -0.4 is 4.74 Å². The highest BCUT2D eigenvalue weighted by molar-refractivity contribution is 9.10. The smallest absolute Gasteiger partial charge is 0.344 e. The number of hydrogen-bond acceptors (Lipinski definition) is 6. The van der Waals surface area contributed by atoms with Gasteiger partial charge in [-0.25, -0.2) is 9.79 Å². The molecule has 0 spiro atoms. The second-order valence-corrected chi connectivity index (χ2v) is 7.64. The number of hydrogen-bond donors (Lipinski definition) is 1. The molecule has 7 heteroatoms. The van der Waals surface area contributed by atoms with Crippen molar-refractivity contribution in [3.63, 3.8) is 0 Å². The number of aliphatic hydroxyl groups excluding tert-OH is 1. The fraction of sp³-hybridized carbons (Fsp3) is 0.143. The van der Waals surface area contributed by atoms with Crippen molar-refractivity contribution in [3.8, 4) is 5.75 Å². The van der Waals surface area contributed by atoms with Gasteiger partial charge in [0.1, 0.15) is 22.1 Å². The molecule has 3 rings (SSSR count). The summed E-state index contributed by atoms with van der Waals surface area (Å²) < 4.78 is 11.4. The fourth-order valence-corrected chi connectivity index (χ4v) is 3.98. The summed E-state index contributed by atoms with van der Waals surface area (Å²) in [5, 5.41) is 11.1. The molecule has 28 heavy (non-hydrogen) atoms. The van der Waals surface area contributed by atoms with Gasteiger partial charge in [-0.1, -0.05) is 45.9 Å². The Morgan fingerprint density at radius 1 is 1.25 bits per heavy atom. The highest BCUT2D eigenvalue weighted by Gasteiger charge is 2.33. The van der Waals surface area contributed by atoms with Crippen molar-refractivity contribution in [1.82, 2.24) is 0 Å². The number of carbonyl (C=O) groups is 1. The third-order valence-corrected chi connectivity index (χ3v) is 5.35. The molecule has 0 fully saturated rings. The monoisotopic (exact) mass is 459 g/mol. The molecule has 0 bridgehead atoms. The lowest BCUT2D eigenvalue weighted by atomic mass is 10.1. The first-order valence-electron chi connectivity index (χ1n) is 8.51. The Labute approximate surface area is 175 Å². The molecule has 0 aliphatic carbocycles. The molecule has 0 aromatic heterocycles. The summed E-state index contributed by atoms with van der Waals surface area (Å²) in [6.07, 6.45) is 1.76. The van der Waals surface area contributed by atoms with Gasteiger partial charge in [0.15, 0.2) is 0 Å². The van der Waals surface area contributed by atoms with Gasteiger partial charge in [-0.05, 0) is 43.3 Å². The SMILES string of the molecule is CCOC(=O)C1=C(O)/C(=C\c2cc(Br)ccc2OC)SC1=Nc1ccccc1. The van der Waals surface area contributed by atoms with E-state index in [0.717, 1.165) is 10.0 Å². The number of halogens is 1. The average molecular weight is 460 g/mol. The van der Waals surface area contributed by atoms with Crippen LogP contribution in [0.25, 0.3) is 6.08 Å². The van der Waals surface area contributed by atoms with Crippen molar-refractivity contribution in [3.05, 3.63) is 74.8 Å². The Balaban J connectivity index is 2.08. The Kier molecular flexibility index (Phi) is 6.59. The molecular formula is C21H18BrNO4S. The molecule has 1 heterocycles. The molecule has 0 amide bonds. The largest absolute Gasteiger partial charge is 0.506 e. The lowest BCUT2D eigenvalue weighted by Gasteiger charge is -2.06. The molecule has 5 nitrogen and oxygen atoms in total. The van der Waals surface area contributed by atoms with Crippen LogP contribution in [-0.4, -0.2) is 29.8 Å². The first kappa shape index (κ1) is 20.2. The van der Waals surface area contributed by atoms with Crippen molar-refractivity contribution < 1.29 is 19.4 Å². The summed E-state index contributed by atoms with van der Waals surface area (Å²) in [5.74, 6) is -0.109. The van der Waals surface area contributed by atoms with Gasteiger partial charge in [0.25, 0.3) is 0 Å². The van der Waals surface area contributed by atoms with E-state index in [4.69, 9.17) is 9.47 Å². The maximum Gasteiger partial charge on any atom is 0.344 e. The number of carbonyl (C=O) groups excluding carboxylic acids is 1. The van der Waals surface area contributed by atoms with Crippen LogP contribution in [0.2, 0.25) is 0 Å². The zero-order valence-electron chi connectivity index (χ0n) is 15.3. The fourth-order valence-electron chi connectivity index (χ4n) is 2.57. The second-order valence-electron chi connectivity index (χ2n) is 5.69. The number of nitrogens with zero attached hydrogens (tertiary/aromatic N) is 1. The van der Waals surface area contributed by atoms with Crippen molar-refractivity contribution >= 4 is 50.5 Å². The summed E-state index contributed by atoms with van der Waals surface area (Å²) in [7, 11) is 1.58. The number of rotatable bonds is 5. The topological polar surface area (TPSA) is 68.1 Å². The number of para-hydroxylation sites is 1. The Morgan fingerprint density at radius 3 is 2.68 bits per heavy atom. The lowest BCUT2D eigenvalue weighted by Crippen LogP contribution is -2.12. The van der Waals surface area contributed by atoms with E-state index in [0.29, 0.717) is 21.4 Å². The number of thioether (sulfide) groups is 1. The van der Waals surface area contributed by atoms with Crippen molar-refractivity contribution in [2.24, 2.45) is 4.99 Å². The molecule has 1 N–H and O–H groups in total. The molecule has 0 radical (unpaired) electrons. The number of ether oxygens (including phenoxy) is 2. The van der Waals surface area contributed by atoms with Crippen LogP contribution in [0, 0.1) is 0 Å². The van der Waals surface area contributed by atoms with Crippen LogP contribution in [0.1, 0.15) is 12.5 Å². The number of aliphatic imine (C=N–C) groups is 1. The van der Waals surface area contributed by atoms with Gasteiger partial charge in [-0.3, -0.25) is 0 Å². The first-order valence-corrected chi connectivity index (χ1v) is 10.1. The predicted molar refractivity (Wildman–Crippen MR) is 116 cm³/mol. The van der Waals surface area contributed by atoms with E-state index in [9.17, 15) is 9.90 Å². The highest BCUT2D eigenvalue weighted by atomic mass is 79.9. The lowest BCUT2D eigenvalue weighted by molar-refractivity contribution is -0.138. The van der Waals surface area contributed by atoms with Crippen LogP contribution in [-0.2, 0) is 9.53 Å². The van der Waals surface area contributed by atoms with Crippen molar-refractivity contribution in [2.75, 3.05) is 13.7 Å². The first-order chi connectivity index (χ1) is 13.5. The maximum atomic E-state index is 12.4. The summed E-state index contributed by atoms with van der Waals surface area (Å²) in [6, 6.07) is 14.8. The van der Waals surface area contributed by atoms with Gasteiger partial charge in [0.05, 0.1) is 24.3 Å². The number of aliphatic hydroxyl groups is 1. The Bertz CT molecular complexity index is 983. The van der Waals surface area contributed by atoms with E-state index in [1.807, 2.05) is 48.5 Å². The Morgan fingerprint density at radius 2 is 2.00 bits per heavy atom. The number of esters is 1. The van der Waals surface area contributed by atoms with E-state index < -0.39 is 5.97 Å². The van der Waals surface area contributed by atoms with E-state index in [2.05, 4.69) is 20.9 Å². The van der Waals surface area contributed by atoms with E-state index in [1.54, 1.807) is 20.1 Å². The minimum Gasteiger partial charge on any atom is -0.506 e. The molecule has 2 aromatic carbocycles. The van der Waals surface area contributed by atoms with Gasteiger partial charge in [0, 0.05) is 10.0 Å². The molecule has 0 atom stereocenters. The molecule has 2 aromatic rings. The summed E-state index contributed by atoms with van der Waals surface area (Å²) in [4.78, 5) is 17.5. The van der Waals surface area contributed by atoms with Crippen LogP contribution >= 0.6 is 27.7 Å². The molecular weight excluding hydrogens is 442 g/mol. The third-order valence-electron chi connectivity index (χ3n) is 3.84. The van der Waals surface area contributed by atoms with Gasteiger partial charge in [0.2, 0.25) is 0 Å². The van der Waals surface area contributed by atoms with Crippen LogP contribution in [0.4, 0.5) is 5.69 Å². The van der Waals surface area contributed by atoms with Gasteiger partial charge in [-0.15, -0.1) is 0 Å². The highest BCUT2D eigenvalue weighted by Crippen LogP contribution is 2.41. The van der Waals surface area contributed by atoms with E-state index in [1.165, 1.54) is 11.8 Å². The third kappa shape index (κ3) is 4.48. The molecule has 1 aliphatic heterocycles. The molecule has 0 saturated carbocycles. The molecule has 1 aliphatic rings. The van der Waals surface area contributed by atoms with Gasteiger partial charge in [-0.2, -0.15) is 0 Å². The average Bonchev–Trinajstić information content (AvgIpc) is 2.98. The van der Waals surface area contributed by atoms with Gasteiger partial charge < -0.3 is 14.6 Å². The minimum atomic E-state index is -0.605. The van der Waals surface area contributed by atoms with Crippen molar-refractivity contribution in [2.45, 2.75) is 6.92 Å². The minimum absolute atomic E-state index is 0.0657. The number of methoxy groups -OCH3 is 1. The van der Waals surface area contributed by atoms with Crippen LogP contribution in [0.5, 0.6) is 5.75 Å². The second kappa shape index (κ2) is 9.12. The number of benzene rings is 2. The van der Waals surface area contributed by atoms with E-state index >= 15 is 0 Å². The predicted octanol–water partition coefficient (Wildman–Crippen LogP) is 5.65. The van der Waals surface area contributed by atoms with Gasteiger partial charge >= 0.3 is 5.97 Å².